The Bertz CT molecular complexity index is 822. The van der Waals surface area contributed by atoms with Crippen LogP contribution in [-0.2, 0) is 11.3 Å². The highest BCUT2D eigenvalue weighted by molar-refractivity contribution is 5.92. The van der Waals surface area contributed by atoms with Gasteiger partial charge in [0.15, 0.2) is 11.5 Å². The van der Waals surface area contributed by atoms with Gasteiger partial charge in [-0.15, -0.1) is 10.2 Å². The molecular formula is C16H20N6O. The molecule has 0 atom stereocenters. The number of fused-ring (bicyclic) bond motifs is 3. The summed E-state index contributed by atoms with van der Waals surface area (Å²) >= 11 is 0. The Balaban J connectivity index is 1.96. The fourth-order valence-electron chi connectivity index (χ4n) is 3.10. The third-order valence-electron chi connectivity index (χ3n) is 4.19. The Morgan fingerprint density at radius 1 is 1.17 bits per heavy atom. The van der Waals surface area contributed by atoms with Gasteiger partial charge in [0.2, 0.25) is 5.95 Å². The van der Waals surface area contributed by atoms with Crippen LogP contribution in [0.2, 0.25) is 0 Å². The van der Waals surface area contributed by atoms with E-state index in [0.29, 0.717) is 6.61 Å². The monoisotopic (exact) mass is 312 g/mol. The first-order valence-corrected chi connectivity index (χ1v) is 7.96. The molecule has 3 aromatic rings. The number of aromatic nitrogens is 4. The Hall–Kier alpha value is -2.25. The molecule has 0 bridgehead atoms. The summed E-state index contributed by atoms with van der Waals surface area (Å²) in [6.45, 7) is 4.31. The summed E-state index contributed by atoms with van der Waals surface area (Å²) in [6, 6.07) is 8.08. The number of rotatable bonds is 3. The summed E-state index contributed by atoms with van der Waals surface area (Å²) in [5, 5.41) is 13.2. The van der Waals surface area contributed by atoms with Crippen molar-refractivity contribution in [2.45, 2.75) is 13.0 Å². The van der Waals surface area contributed by atoms with Crippen LogP contribution in [0.5, 0.6) is 0 Å². The van der Waals surface area contributed by atoms with Crippen LogP contribution in [0.1, 0.15) is 12.2 Å². The Morgan fingerprint density at radius 2 is 2.09 bits per heavy atom. The number of nitrogens with zero attached hydrogens (tertiary/aromatic N) is 5. The van der Waals surface area contributed by atoms with E-state index in [1.807, 2.05) is 28.7 Å². The standard InChI is InChI=1S/C16H20N6O/c1-23-11-14-19-20-15-12-5-2-3-6-13(12)18-16(22(14)15)21-9-4-7-17-8-10-21/h2-3,5-6,17H,4,7-11H2,1H3. The van der Waals surface area contributed by atoms with E-state index in [2.05, 4.69) is 20.4 Å². The zero-order valence-corrected chi connectivity index (χ0v) is 13.2. The highest BCUT2D eigenvalue weighted by atomic mass is 16.5. The number of hydrogen-bond acceptors (Lipinski definition) is 6. The molecule has 0 spiro atoms. The lowest BCUT2D eigenvalue weighted by Gasteiger charge is -2.23. The fraction of sp³-hybridized carbons (Fsp3) is 0.438. The van der Waals surface area contributed by atoms with Crippen molar-refractivity contribution in [2.75, 3.05) is 38.2 Å². The van der Waals surface area contributed by atoms with Gasteiger partial charge in [-0.05, 0) is 25.1 Å². The first-order valence-electron chi connectivity index (χ1n) is 7.96. The molecule has 1 aliphatic heterocycles. The smallest absolute Gasteiger partial charge is 0.213 e. The van der Waals surface area contributed by atoms with Gasteiger partial charge in [-0.3, -0.25) is 0 Å². The predicted octanol–water partition coefficient (Wildman–Crippen LogP) is 1.22. The van der Waals surface area contributed by atoms with Crippen LogP contribution >= 0.6 is 0 Å². The van der Waals surface area contributed by atoms with Crippen molar-refractivity contribution in [3.63, 3.8) is 0 Å². The van der Waals surface area contributed by atoms with Gasteiger partial charge in [-0.2, -0.15) is 0 Å². The Kier molecular flexibility index (Phi) is 3.80. The molecule has 1 N–H and O–H groups in total. The molecular weight excluding hydrogens is 292 g/mol. The van der Waals surface area contributed by atoms with Crippen molar-refractivity contribution in [3.8, 4) is 0 Å². The summed E-state index contributed by atoms with van der Waals surface area (Å²) in [4.78, 5) is 7.22. The van der Waals surface area contributed by atoms with Crippen molar-refractivity contribution in [1.29, 1.82) is 0 Å². The zero-order chi connectivity index (χ0) is 15.6. The van der Waals surface area contributed by atoms with Crippen molar-refractivity contribution >= 4 is 22.5 Å². The van der Waals surface area contributed by atoms with E-state index in [1.165, 1.54) is 0 Å². The molecule has 0 saturated carbocycles. The molecule has 1 aliphatic rings. The molecule has 0 amide bonds. The van der Waals surface area contributed by atoms with E-state index >= 15 is 0 Å². The topological polar surface area (TPSA) is 67.6 Å². The van der Waals surface area contributed by atoms with Crippen molar-refractivity contribution < 1.29 is 4.74 Å². The fourth-order valence-corrected chi connectivity index (χ4v) is 3.10. The predicted molar refractivity (Wildman–Crippen MR) is 88.7 cm³/mol. The highest BCUT2D eigenvalue weighted by Crippen LogP contribution is 2.24. The summed E-state index contributed by atoms with van der Waals surface area (Å²) < 4.78 is 7.33. The van der Waals surface area contributed by atoms with E-state index in [1.54, 1.807) is 7.11 Å². The summed E-state index contributed by atoms with van der Waals surface area (Å²) in [6.07, 6.45) is 1.09. The normalized spacial score (nSPS) is 16.1. The maximum Gasteiger partial charge on any atom is 0.213 e. The van der Waals surface area contributed by atoms with Gasteiger partial charge in [0, 0.05) is 32.1 Å². The number of para-hydroxylation sites is 1. The molecule has 7 heteroatoms. The summed E-state index contributed by atoms with van der Waals surface area (Å²) in [5.41, 5.74) is 1.79. The second-order valence-corrected chi connectivity index (χ2v) is 5.73. The van der Waals surface area contributed by atoms with Gasteiger partial charge in [0.25, 0.3) is 0 Å². The second kappa shape index (κ2) is 6.10. The van der Waals surface area contributed by atoms with Gasteiger partial charge >= 0.3 is 0 Å². The number of benzene rings is 1. The minimum absolute atomic E-state index is 0.417. The molecule has 7 nitrogen and oxygen atoms in total. The third-order valence-corrected chi connectivity index (χ3v) is 4.19. The van der Waals surface area contributed by atoms with Gasteiger partial charge in [0.1, 0.15) is 6.61 Å². The van der Waals surface area contributed by atoms with E-state index in [0.717, 1.165) is 60.9 Å². The average Bonchev–Trinajstić information content (AvgIpc) is 2.82. The van der Waals surface area contributed by atoms with Crippen LogP contribution in [0.3, 0.4) is 0 Å². The first-order chi connectivity index (χ1) is 11.4. The van der Waals surface area contributed by atoms with Crippen molar-refractivity contribution in [2.24, 2.45) is 0 Å². The lowest BCUT2D eigenvalue weighted by molar-refractivity contribution is 0.177. The molecule has 3 heterocycles. The minimum Gasteiger partial charge on any atom is -0.377 e. The van der Waals surface area contributed by atoms with Crippen molar-refractivity contribution in [1.82, 2.24) is 24.9 Å². The van der Waals surface area contributed by atoms with Crippen LogP contribution in [0.4, 0.5) is 5.95 Å². The minimum atomic E-state index is 0.417. The highest BCUT2D eigenvalue weighted by Gasteiger charge is 2.20. The number of anilines is 1. The Morgan fingerprint density at radius 3 is 3.00 bits per heavy atom. The number of methoxy groups -OCH3 is 1. The number of hydrogen-bond donors (Lipinski definition) is 1. The molecule has 0 aliphatic carbocycles. The van der Waals surface area contributed by atoms with E-state index in [-0.39, 0.29) is 0 Å². The molecule has 120 valence electrons. The molecule has 0 unspecified atom stereocenters. The second-order valence-electron chi connectivity index (χ2n) is 5.73. The summed E-state index contributed by atoms with van der Waals surface area (Å²) in [5.74, 6) is 1.69. The molecule has 1 fully saturated rings. The Labute approximate surface area is 134 Å². The lowest BCUT2D eigenvalue weighted by Crippen LogP contribution is -2.30. The maximum absolute atomic E-state index is 5.29. The SMILES string of the molecule is COCc1nnc2c3ccccc3nc(N3CCCNCC3)n12. The van der Waals surface area contributed by atoms with E-state index in [9.17, 15) is 0 Å². The maximum atomic E-state index is 5.29. The molecule has 0 radical (unpaired) electrons. The average molecular weight is 312 g/mol. The first kappa shape index (κ1) is 14.3. The summed E-state index contributed by atoms with van der Waals surface area (Å²) in [7, 11) is 1.67. The van der Waals surface area contributed by atoms with Crippen LogP contribution in [0.25, 0.3) is 16.6 Å². The van der Waals surface area contributed by atoms with E-state index in [4.69, 9.17) is 9.72 Å². The lowest BCUT2D eigenvalue weighted by atomic mass is 10.2. The molecule has 1 aromatic carbocycles. The van der Waals surface area contributed by atoms with Gasteiger partial charge in [0.05, 0.1) is 5.52 Å². The number of ether oxygens (including phenoxy) is 1. The number of nitrogens with one attached hydrogen (secondary N) is 1. The third kappa shape index (κ3) is 2.51. The molecule has 4 rings (SSSR count). The van der Waals surface area contributed by atoms with Gasteiger partial charge < -0.3 is 15.0 Å². The molecule has 2 aromatic heterocycles. The molecule has 23 heavy (non-hydrogen) atoms. The van der Waals surface area contributed by atoms with Crippen LogP contribution in [0.15, 0.2) is 24.3 Å². The molecule has 1 saturated heterocycles. The van der Waals surface area contributed by atoms with Gasteiger partial charge in [-0.1, -0.05) is 12.1 Å². The van der Waals surface area contributed by atoms with Crippen molar-refractivity contribution in [3.05, 3.63) is 30.1 Å². The quantitative estimate of drug-likeness (QED) is 0.784. The van der Waals surface area contributed by atoms with Crippen LogP contribution in [-0.4, -0.2) is 52.9 Å². The van der Waals surface area contributed by atoms with Crippen LogP contribution in [0, 0.1) is 0 Å². The van der Waals surface area contributed by atoms with Gasteiger partial charge in [-0.25, -0.2) is 9.38 Å². The van der Waals surface area contributed by atoms with E-state index < -0.39 is 0 Å². The zero-order valence-electron chi connectivity index (χ0n) is 13.2. The largest absolute Gasteiger partial charge is 0.377 e. The van der Waals surface area contributed by atoms with Crippen LogP contribution < -0.4 is 10.2 Å².